The Kier molecular flexibility index (Phi) is 6.01. The third-order valence-electron chi connectivity index (χ3n) is 3.40. The molecule has 2 aromatic carbocycles. The van der Waals surface area contributed by atoms with Crippen LogP contribution in [0.3, 0.4) is 0 Å². The lowest BCUT2D eigenvalue weighted by Gasteiger charge is -2.11. The van der Waals surface area contributed by atoms with Crippen molar-refractivity contribution in [2.75, 3.05) is 11.1 Å². The van der Waals surface area contributed by atoms with E-state index >= 15 is 0 Å². The van der Waals surface area contributed by atoms with E-state index in [1.807, 2.05) is 25.1 Å². The minimum atomic E-state index is -0.746. The molecule has 2 amide bonds. The molecule has 0 atom stereocenters. The van der Waals surface area contributed by atoms with Crippen molar-refractivity contribution < 1.29 is 14.0 Å². The number of nitrogens with one attached hydrogen (secondary N) is 1. The lowest BCUT2D eigenvalue weighted by Crippen LogP contribution is -2.17. The molecule has 0 radical (unpaired) electrons. The van der Waals surface area contributed by atoms with Crippen LogP contribution in [0.25, 0.3) is 0 Å². The van der Waals surface area contributed by atoms with Gasteiger partial charge in [0.15, 0.2) is 0 Å². The maximum atomic E-state index is 13.8. The maximum absolute atomic E-state index is 13.8. The Morgan fingerprint density at radius 3 is 2.58 bits per heavy atom. The van der Waals surface area contributed by atoms with Gasteiger partial charge < -0.3 is 11.1 Å². The van der Waals surface area contributed by atoms with Crippen LogP contribution in [-0.2, 0) is 4.79 Å². The van der Waals surface area contributed by atoms with Crippen LogP contribution in [0.15, 0.2) is 39.7 Å². The lowest BCUT2D eigenvalue weighted by atomic mass is 10.1. The van der Waals surface area contributed by atoms with Crippen LogP contribution in [0.2, 0.25) is 0 Å². The molecule has 0 aliphatic heterocycles. The van der Waals surface area contributed by atoms with Gasteiger partial charge >= 0.3 is 0 Å². The van der Waals surface area contributed by atoms with Gasteiger partial charge in [-0.15, -0.1) is 11.8 Å². The summed E-state index contributed by atoms with van der Waals surface area (Å²) in [7, 11) is 0. The van der Waals surface area contributed by atoms with Crippen molar-refractivity contribution >= 4 is 45.2 Å². The van der Waals surface area contributed by atoms with Gasteiger partial charge in [0.05, 0.1) is 5.75 Å². The second-order valence-corrected chi connectivity index (χ2v) is 7.17. The molecule has 0 fully saturated rings. The molecule has 2 rings (SSSR count). The maximum Gasteiger partial charge on any atom is 0.248 e. The molecule has 0 bridgehead atoms. The number of carbonyl (C=O) groups excluding carboxylic acids is 2. The number of nitrogens with two attached hydrogens (primary N) is 1. The van der Waals surface area contributed by atoms with Crippen molar-refractivity contribution in [1.82, 2.24) is 0 Å². The van der Waals surface area contributed by atoms with E-state index in [1.54, 1.807) is 0 Å². The summed E-state index contributed by atoms with van der Waals surface area (Å²) in [5.74, 6) is -1.45. The van der Waals surface area contributed by atoms with Gasteiger partial charge in [-0.25, -0.2) is 4.39 Å². The zero-order valence-electron chi connectivity index (χ0n) is 13.2. The Labute approximate surface area is 152 Å². The molecular formula is C17H16BrFN2O2S. The summed E-state index contributed by atoms with van der Waals surface area (Å²) in [5, 5.41) is 2.63. The van der Waals surface area contributed by atoms with Gasteiger partial charge in [0.25, 0.3) is 0 Å². The first-order valence-corrected chi connectivity index (χ1v) is 8.84. The number of hydrogen-bond donors (Lipinski definition) is 2. The molecule has 0 saturated heterocycles. The Morgan fingerprint density at radius 1 is 1.25 bits per heavy atom. The minimum Gasteiger partial charge on any atom is -0.366 e. The molecule has 0 spiro atoms. The Morgan fingerprint density at radius 2 is 1.96 bits per heavy atom. The average molecular weight is 411 g/mol. The largest absolute Gasteiger partial charge is 0.366 e. The van der Waals surface area contributed by atoms with Crippen LogP contribution in [0, 0.1) is 19.7 Å². The number of halogens is 2. The van der Waals surface area contributed by atoms with E-state index in [-0.39, 0.29) is 28.5 Å². The number of carbonyl (C=O) groups is 2. The number of primary amides is 1. The summed E-state index contributed by atoms with van der Waals surface area (Å²) in [6.45, 7) is 3.49. The predicted molar refractivity (Wildman–Crippen MR) is 97.9 cm³/mol. The number of hydrogen-bond acceptors (Lipinski definition) is 3. The minimum absolute atomic E-state index is 0.0183. The van der Waals surface area contributed by atoms with E-state index in [2.05, 4.69) is 21.2 Å². The van der Waals surface area contributed by atoms with E-state index in [1.165, 1.54) is 24.8 Å². The zero-order valence-corrected chi connectivity index (χ0v) is 15.6. The van der Waals surface area contributed by atoms with Crippen LogP contribution in [0.1, 0.15) is 21.5 Å². The normalized spacial score (nSPS) is 10.5. The highest BCUT2D eigenvalue weighted by molar-refractivity contribution is 9.10. The standard InChI is InChI=1S/C17H16BrFN2O2S/c1-9-5-12(18)3-4-15(9)24-8-16(22)21-14-7-11(17(20)23)6-13(19)10(14)2/h3-7H,8H2,1-2H3,(H2,20,23)(H,21,22). The SMILES string of the molecule is Cc1cc(Br)ccc1SCC(=O)Nc1cc(C(N)=O)cc(F)c1C. The fraction of sp³-hybridized carbons (Fsp3) is 0.176. The van der Waals surface area contributed by atoms with Gasteiger partial charge in [0.1, 0.15) is 5.82 Å². The van der Waals surface area contributed by atoms with Gasteiger partial charge in [-0.1, -0.05) is 15.9 Å². The summed E-state index contributed by atoms with van der Waals surface area (Å²) in [5.41, 5.74) is 6.76. The van der Waals surface area contributed by atoms with Crippen molar-refractivity contribution in [3.8, 4) is 0 Å². The molecule has 3 N–H and O–H groups in total. The smallest absolute Gasteiger partial charge is 0.248 e. The van der Waals surface area contributed by atoms with Crippen molar-refractivity contribution in [2.24, 2.45) is 5.73 Å². The Bertz CT molecular complexity index is 811. The van der Waals surface area contributed by atoms with Crippen molar-refractivity contribution in [3.63, 3.8) is 0 Å². The molecule has 2 aromatic rings. The number of aryl methyl sites for hydroxylation is 1. The zero-order chi connectivity index (χ0) is 17.9. The summed E-state index contributed by atoms with van der Waals surface area (Å²) >= 11 is 4.78. The third kappa shape index (κ3) is 4.58. The molecule has 0 aromatic heterocycles. The van der Waals surface area contributed by atoms with E-state index in [0.717, 1.165) is 21.0 Å². The topological polar surface area (TPSA) is 72.2 Å². The van der Waals surface area contributed by atoms with E-state index in [9.17, 15) is 14.0 Å². The fourth-order valence-electron chi connectivity index (χ4n) is 2.06. The molecule has 0 aliphatic rings. The number of rotatable bonds is 5. The molecule has 0 saturated carbocycles. The molecule has 0 aliphatic carbocycles. The molecule has 0 heterocycles. The predicted octanol–water partition coefficient (Wildman–Crippen LogP) is 4.03. The summed E-state index contributed by atoms with van der Waals surface area (Å²) < 4.78 is 14.8. The van der Waals surface area contributed by atoms with Gasteiger partial charge in [-0.3, -0.25) is 9.59 Å². The molecule has 7 heteroatoms. The lowest BCUT2D eigenvalue weighted by molar-refractivity contribution is -0.113. The highest BCUT2D eigenvalue weighted by Crippen LogP contribution is 2.26. The third-order valence-corrected chi connectivity index (χ3v) is 5.07. The van der Waals surface area contributed by atoms with Crippen molar-refractivity contribution in [1.29, 1.82) is 0 Å². The molecule has 126 valence electrons. The number of benzene rings is 2. The number of amides is 2. The van der Waals surface area contributed by atoms with Crippen LogP contribution in [-0.4, -0.2) is 17.6 Å². The first-order chi connectivity index (χ1) is 11.3. The van der Waals surface area contributed by atoms with Crippen LogP contribution < -0.4 is 11.1 Å². The van der Waals surface area contributed by atoms with Gasteiger partial charge in [-0.2, -0.15) is 0 Å². The molecule has 24 heavy (non-hydrogen) atoms. The average Bonchev–Trinajstić information content (AvgIpc) is 2.50. The number of thioether (sulfide) groups is 1. The van der Waals surface area contributed by atoms with Crippen LogP contribution >= 0.6 is 27.7 Å². The quantitative estimate of drug-likeness (QED) is 0.730. The Hall–Kier alpha value is -1.86. The van der Waals surface area contributed by atoms with Gasteiger partial charge in [0, 0.05) is 26.2 Å². The number of anilines is 1. The Balaban J connectivity index is 2.08. The van der Waals surface area contributed by atoms with E-state index in [4.69, 9.17) is 5.73 Å². The highest BCUT2D eigenvalue weighted by atomic mass is 79.9. The first-order valence-electron chi connectivity index (χ1n) is 7.06. The van der Waals surface area contributed by atoms with Crippen LogP contribution in [0.5, 0.6) is 0 Å². The van der Waals surface area contributed by atoms with Crippen LogP contribution in [0.4, 0.5) is 10.1 Å². The fourth-order valence-corrected chi connectivity index (χ4v) is 3.34. The highest BCUT2D eigenvalue weighted by Gasteiger charge is 2.13. The first kappa shape index (κ1) is 18.5. The second kappa shape index (κ2) is 7.81. The van der Waals surface area contributed by atoms with Gasteiger partial charge in [-0.05, 0) is 49.7 Å². The van der Waals surface area contributed by atoms with E-state index < -0.39 is 11.7 Å². The van der Waals surface area contributed by atoms with E-state index in [0.29, 0.717) is 0 Å². The summed E-state index contributed by atoms with van der Waals surface area (Å²) in [6, 6.07) is 8.25. The van der Waals surface area contributed by atoms with Crippen molar-refractivity contribution in [2.45, 2.75) is 18.7 Å². The van der Waals surface area contributed by atoms with Gasteiger partial charge in [0.2, 0.25) is 11.8 Å². The monoisotopic (exact) mass is 410 g/mol. The molecular weight excluding hydrogens is 395 g/mol. The second-order valence-electron chi connectivity index (χ2n) is 5.24. The summed E-state index contributed by atoms with van der Waals surface area (Å²) in [4.78, 5) is 24.3. The molecule has 4 nitrogen and oxygen atoms in total. The molecule has 0 unspecified atom stereocenters. The summed E-state index contributed by atoms with van der Waals surface area (Å²) in [6.07, 6.45) is 0. The van der Waals surface area contributed by atoms with Crippen molar-refractivity contribution in [3.05, 3.63) is 57.3 Å².